The van der Waals surface area contributed by atoms with Crippen molar-refractivity contribution in [3.63, 3.8) is 0 Å². The van der Waals surface area contributed by atoms with Crippen LogP contribution in [0, 0.1) is 11.6 Å². The quantitative estimate of drug-likeness (QED) is 0.569. The number of thiophene rings is 1. The monoisotopic (exact) mass is 367 g/mol. The molecular weight excluding hydrogens is 356 g/mol. The highest BCUT2D eigenvalue weighted by atomic mass is 32.2. The summed E-state index contributed by atoms with van der Waals surface area (Å²) in [6, 6.07) is 4.54. The van der Waals surface area contributed by atoms with Gasteiger partial charge in [0.05, 0.1) is 17.0 Å². The Bertz CT molecular complexity index is 984. The first kappa shape index (κ1) is 16.6. The Kier molecular flexibility index (Phi) is 4.63. The Labute approximate surface area is 143 Å². The van der Waals surface area contributed by atoms with Crippen molar-refractivity contribution in [3.05, 3.63) is 51.6 Å². The molecule has 0 radical (unpaired) electrons. The SMILES string of the molecule is Cn1c(SCC(=O)Nc2cc(F)ccc2F)nc2ccsc2c1=O. The van der Waals surface area contributed by atoms with Gasteiger partial charge in [-0.15, -0.1) is 11.3 Å². The summed E-state index contributed by atoms with van der Waals surface area (Å²) >= 11 is 2.35. The highest BCUT2D eigenvalue weighted by molar-refractivity contribution is 7.99. The number of nitrogens with one attached hydrogen (secondary N) is 1. The summed E-state index contributed by atoms with van der Waals surface area (Å²) in [7, 11) is 1.57. The van der Waals surface area contributed by atoms with Gasteiger partial charge >= 0.3 is 0 Å². The molecule has 24 heavy (non-hydrogen) atoms. The molecule has 3 rings (SSSR count). The highest BCUT2D eigenvalue weighted by Crippen LogP contribution is 2.21. The molecule has 0 bridgehead atoms. The molecule has 0 spiro atoms. The Morgan fingerprint density at radius 3 is 2.96 bits per heavy atom. The van der Waals surface area contributed by atoms with Crippen LogP contribution in [0.3, 0.4) is 0 Å². The maximum absolute atomic E-state index is 13.5. The summed E-state index contributed by atoms with van der Waals surface area (Å²) in [5, 5.41) is 4.45. The van der Waals surface area contributed by atoms with E-state index in [1.807, 2.05) is 0 Å². The van der Waals surface area contributed by atoms with Crippen molar-refractivity contribution in [2.75, 3.05) is 11.1 Å². The lowest BCUT2D eigenvalue weighted by molar-refractivity contribution is -0.113. The molecule has 0 fully saturated rings. The molecule has 124 valence electrons. The number of nitrogens with zero attached hydrogens (tertiary/aromatic N) is 2. The Hall–Kier alpha value is -2.26. The zero-order chi connectivity index (χ0) is 17.3. The van der Waals surface area contributed by atoms with E-state index in [1.165, 1.54) is 15.9 Å². The molecule has 0 saturated heterocycles. The second-order valence-electron chi connectivity index (χ2n) is 4.85. The molecule has 0 aliphatic carbocycles. The average Bonchev–Trinajstić information content (AvgIpc) is 3.01. The normalized spacial score (nSPS) is 11.0. The molecule has 3 aromatic rings. The Morgan fingerprint density at radius 2 is 2.17 bits per heavy atom. The van der Waals surface area contributed by atoms with Crippen LogP contribution in [0.4, 0.5) is 14.5 Å². The van der Waals surface area contributed by atoms with Crippen LogP contribution in [0.2, 0.25) is 0 Å². The van der Waals surface area contributed by atoms with Gasteiger partial charge in [0.25, 0.3) is 5.56 Å². The molecule has 1 aromatic carbocycles. The van der Waals surface area contributed by atoms with Crippen LogP contribution in [0.25, 0.3) is 10.2 Å². The summed E-state index contributed by atoms with van der Waals surface area (Å²) in [5.74, 6) is -1.98. The molecule has 9 heteroatoms. The highest BCUT2D eigenvalue weighted by Gasteiger charge is 2.13. The van der Waals surface area contributed by atoms with E-state index >= 15 is 0 Å². The Morgan fingerprint density at radius 1 is 1.38 bits per heavy atom. The summed E-state index contributed by atoms with van der Waals surface area (Å²) < 4.78 is 28.5. The van der Waals surface area contributed by atoms with E-state index in [1.54, 1.807) is 18.5 Å². The number of carbonyl (C=O) groups excluding carboxylic acids is 1. The van der Waals surface area contributed by atoms with Crippen molar-refractivity contribution in [3.8, 4) is 0 Å². The zero-order valence-corrected chi connectivity index (χ0v) is 14.0. The molecule has 2 aromatic heterocycles. The van der Waals surface area contributed by atoms with Crippen LogP contribution < -0.4 is 10.9 Å². The number of carbonyl (C=O) groups is 1. The second-order valence-corrected chi connectivity index (χ2v) is 6.71. The molecule has 5 nitrogen and oxygen atoms in total. The molecular formula is C15H11F2N3O2S2. The first-order valence-corrected chi connectivity index (χ1v) is 8.64. The van der Waals surface area contributed by atoms with Crippen molar-refractivity contribution < 1.29 is 13.6 Å². The predicted octanol–water partition coefficient (Wildman–Crippen LogP) is 3.00. The van der Waals surface area contributed by atoms with Gasteiger partial charge in [-0.1, -0.05) is 11.8 Å². The van der Waals surface area contributed by atoms with Crippen molar-refractivity contribution in [1.29, 1.82) is 0 Å². The van der Waals surface area contributed by atoms with E-state index < -0.39 is 17.5 Å². The van der Waals surface area contributed by atoms with Gasteiger partial charge in [0.2, 0.25) is 5.91 Å². The zero-order valence-electron chi connectivity index (χ0n) is 12.4. The molecule has 1 amide bonds. The van der Waals surface area contributed by atoms with Gasteiger partial charge in [-0.25, -0.2) is 13.8 Å². The van der Waals surface area contributed by atoms with Crippen LogP contribution >= 0.6 is 23.1 Å². The predicted molar refractivity (Wildman–Crippen MR) is 90.6 cm³/mol. The number of benzene rings is 1. The van der Waals surface area contributed by atoms with Gasteiger partial charge in [0.1, 0.15) is 16.3 Å². The van der Waals surface area contributed by atoms with Crippen LogP contribution in [-0.4, -0.2) is 21.2 Å². The molecule has 0 aliphatic rings. The minimum absolute atomic E-state index is 0.0914. The van der Waals surface area contributed by atoms with Gasteiger partial charge in [0, 0.05) is 13.1 Å². The van der Waals surface area contributed by atoms with Crippen LogP contribution in [-0.2, 0) is 11.8 Å². The second kappa shape index (κ2) is 6.70. The number of fused-ring (bicyclic) bond motifs is 1. The number of hydrogen-bond donors (Lipinski definition) is 1. The van der Waals surface area contributed by atoms with Crippen molar-refractivity contribution in [2.45, 2.75) is 5.16 Å². The first-order chi connectivity index (χ1) is 11.5. The van der Waals surface area contributed by atoms with Crippen LogP contribution in [0.1, 0.15) is 0 Å². The van der Waals surface area contributed by atoms with Crippen LogP contribution in [0.5, 0.6) is 0 Å². The van der Waals surface area contributed by atoms with E-state index in [-0.39, 0.29) is 17.0 Å². The van der Waals surface area contributed by atoms with Crippen LogP contribution in [0.15, 0.2) is 39.6 Å². The third kappa shape index (κ3) is 3.31. The van der Waals surface area contributed by atoms with Crippen molar-refractivity contribution in [2.24, 2.45) is 7.05 Å². The smallest absolute Gasteiger partial charge is 0.271 e. The minimum atomic E-state index is -0.722. The van der Waals surface area contributed by atoms with Crippen molar-refractivity contribution in [1.82, 2.24) is 9.55 Å². The number of thioether (sulfide) groups is 1. The lowest BCUT2D eigenvalue weighted by atomic mass is 10.3. The summed E-state index contributed by atoms with van der Waals surface area (Å²) in [6.45, 7) is 0. The fourth-order valence-corrected chi connectivity index (χ4v) is 3.58. The third-order valence-electron chi connectivity index (χ3n) is 3.18. The van der Waals surface area contributed by atoms with E-state index in [4.69, 9.17) is 0 Å². The largest absolute Gasteiger partial charge is 0.323 e. The van der Waals surface area contributed by atoms with Gasteiger partial charge in [-0.2, -0.15) is 0 Å². The maximum atomic E-state index is 13.5. The molecule has 0 unspecified atom stereocenters. The number of anilines is 1. The number of amides is 1. The number of hydrogen-bond acceptors (Lipinski definition) is 5. The summed E-state index contributed by atoms with van der Waals surface area (Å²) in [4.78, 5) is 28.4. The van der Waals surface area contributed by atoms with Crippen molar-refractivity contribution >= 4 is 44.9 Å². The molecule has 2 heterocycles. The minimum Gasteiger partial charge on any atom is -0.323 e. The first-order valence-electron chi connectivity index (χ1n) is 6.77. The van der Waals surface area contributed by atoms with E-state index in [9.17, 15) is 18.4 Å². The summed E-state index contributed by atoms with van der Waals surface area (Å²) in [6.07, 6.45) is 0. The van der Waals surface area contributed by atoms with E-state index in [0.717, 1.165) is 30.0 Å². The van der Waals surface area contributed by atoms with Gasteiger partial charge in [0.15, 0.2) is 5.16 Å². The average molecular weight is 367 g/mol. The molecule has 1 N–H and O–H groups in total. The molecule has 0 saturated carbocycles. The fourth-order valence-electron chi connectivity index (χ4n) is 2.01. The van der Waals surface area contributed by atoms with E-state index in [0.29, 0.717) is 15.4 Å². The fraction of sp³-hybridized carbons (Fsp3) is 0.133. The van der Waals surface area contributed by atoms with Gasteiger partial charge in [-0.05, 0) is 23.6 Å². The third-order valence-corrected chi connectivity index (χ3v) is 5.10. The van der Waals surface area contributed by atoms with E-state index in [2.05, 4.69) is 10.3 Å². The lowest BCUT2D eigenvalue weighted by Crippen LogP contribution is -2.20. The number of halogens is 2. The molecule has 0 aliphatic heterocycles. The lowest BCUT2D eigenvalue weighted by Gasteiger charge is -2.08. The number of aromatic nitrogens is 2. The maximum Gasteiger partial charge on any atom is 0.271 e. The summed E-state index contributed by atoms with van der Waals surface area (Å²) in [5.41, 5.74) is 0.159. The van der Waals surface area contributed by atoms with Gasteiger partial charge in [-0.3, -0.25) is 14.2 Å². The number of rotatable bonds is 4. The molecule has 0 atom stereocenters. The Balaban J connectivity index is 1.74. The topological polar surface area (TPSA) is 64.0 Å². The van der Waals surface area contributed by atoms with Gasteiger partial charge < -0.3 is 5.32 Å². The standard InChI is InChI=1S/C15H11F2N3O2S2/c1-20-14(22)13-10(4-5-23-13)19-15(20)24-7-12(21)18-11-6-8(16)2-3-9(11)17/h2-6H,7H2,1H3,(H,18,21).